The Morgan fingerprint density at radius 3 is 2.83 bits per heavy atom. The molecule has 0 aromatic rings. The number of ether oxygens (including phenoxy) is 1. The summed E-state index contributed by atoms with van der Waals surface area (Å²) in [6.07, 6.45) is 1.18. The average Bonchev–Trinajstić information content (AvgIpc) is 2.51. The summed E-state index contributed by atoms with van der Waals surface area (Å²) in [5, 5.41) is 0. The summed E-state index contributed by atoms with van der Waals surface area (Å²) < 4.78 is 7.51. The van der Waals surface area contributed by atoms with Crippen molar-refractivity contribution >= 4 is 5.84 Å². The zero-order valence-electron chi connectivity index (χ0n) is 8.05. The van der Waals surface area contributed by atoms with Crippen LogP contribution in [0.2, 0.25) is 0 Å². The second-order valence-electron chi connectivity index (χ2n) is 3.41. The first-order valence-electron chi connectivity index (χ1n) is 4.65. The molecule has 0 amide bonds. The van der Waals surface area contributed by atoms with Gasteiger partial charge in [0.25, 0.3) is 0 Å². The minimum atomic E-state index is 0.684. The van der Waals surface area contributed by atoms with E-state index >= 15 is 0 Å². The van der Waals surface area contributed by atoms with Crippen LogP contribution < -0.4 is 5.73 Å². The van der Waals surface area contributed by atoms with Crippen LogP contribution >= 0.6 is 0 Å². The topological polar surface area (TPSA) is 38.3 Å². The predicted octanol–water partition coefficient (Wildman–Crippen LogP) is 0.432. The molecular weight excluding hydrogens is 152 g/mol. The van der Waals surface area contributed by atoms with Crippen LogP contribution in [0.3, 0.4) is 0 Å². The Kier molecular flexibility index (Phi) is 3.53. The van der Waals surface area contributed by atoms with Crippen molar-refractivity contribution in [3.63, 3.8) is 0 Å². The number of nitrogens with zero attached hydrogens (tertiary/aromatic N) is 1. The van der Waals surface area contributed by atoms with Gasteiger partial charge in [-0.3, -0.25) is 10.3 Å². The Labute approximate surface area is 74.2 Å². The van der Waals surface area contributed by atoms with Gasteiger partial charge in [-0.1, -0.05) is 0 Å². The zero-order chi connectivity index (χ0) is 8.97. The summed E-state index contributed by atoms with van der Waals surface area (Å²) in [5.41, 5.74) is 5.73. The lowest BCUT2D eigenvalue weighted by Crippen LogP contribution is -2.30. The molecule has 0 bridgehead atoms. The van der Waals surface area contributed by atoms with E-state index in [-0.39, 0.29) is 0 Å². The Morgan fingerprint density at radius 2 is 2.42 bits per heavy atom. The highest BCUT2D eigenvalue weighted by atomic mass is 16.5. The first kappa shape index (κ1) is 9.52. The van der Waals surface area contributed by atoms with Crippen molar-refractivity contribution in [1.82, 2.24) is 0 Å². The van der Waals surface area contributed by atoms with E-state index < -0.39 is 0 Å². The van der Waals surface area contributed by atoms with Crippen molar-refractivity contribution < 1.29 is 9.31 Å². The van der Waals surface area contributed by atoms with E-state index in [1.54, 1.807) is 0 Å². The van der Waals surface area contributed by atoms with Crippen molar-refractivity contribution in [2.75, 3.05) is 26.3 Å². The molecule has 1 aliphatic heterocycles. The van der Waals surface area contributed by atoms with E-state index in [4.69, 9.17) is 10.5 Å². The predicted molar refractivity (Wildman–Crippen MR) is 49.5 cm³/mol. The van der Waals surface area contributed by atoms with Crippen LogP contribution in [0.5, 0.6) is 0 Å². The van der Waals surface area contributed by atoms with Gasteiger partial charge < -0.3 is 4.74 Å². The summed E-state index contributed by atoms with van der Waals surface area (Å²) in [4.78, 5) is 0. The maximum absolute atomic E-state index is 5.73. The van der Waals surface area contributed by atoms with Gasteiger partial charge in [-0.05, 0) is 13.3 Å². The smallest absolute Gasteiger partial charge is 0.239 e. The summed E-state index contributed by atoms with van der Waals surface area (Å²) in [6, 6.07) is 0. The highest BCUT2D eigenvalue weighted by Crippen LogP contribution is 2.11. The molecule has 1 fully saturated rings. The molecule has 3 nitrogen and oxygen atoms in total. The van der Waals surface area contributed by atoms with Crippen LogP contribution in [0, 0.1) is 5.92 Å². The Hall–Kier alpha value is -0.570. The highest BCUT2D eigenvalue weighted by molar-refractivity contribution is 5.72. The molecule has 1 atom stereocenters. The van der Waals surface area contributed by atoms with Gasteiger partial charge in [0.05, 0.1) is 19.7 Å². The fraction of sp³-hybridized carbons (Fsp3) is 0.889. The Balaban J connectivity index is 2.42. The molecule has 0 aliphatic carbocycles. The number of amidine groups is 1. The summed E-state index contributed by atoms with van der Waals surface area (Å²) in [6.45, 7) is 7.97. The number of hydrogen-bond acceptors (Lipinski definition) is 1. The van der Waals surface area contributed by atoms with Gasteiger partial charge in [0.1, 0.15) is 0 Å². The summed E-state index contributed by atoms with van der Waals surface area (Å²) >= 11 is 0. The molecule has 2 N–H and O–H groups in total. The van der Waals surface area contributed by atoms with E-state index in [0.29, 0.717) is 5.92 Å². The number of nitrogens with two attached hydrogens (primary N) is 1. The molecule has 1 heterocycles. The summed E-state index contributed by atoms with van der Waals surface area (Å²) in [5.74, 6) is 1.60. The molecule has 70 valence electrons. The third-order valence-corrected chi connectivity index (χ3v) is 2.38. The lowest BCUT2D eigenvalue weighted by Gasteiger charge is -2.09. The lowest BCUT2D eigenvalue weighted by atomic mass is 10.1. The molecule has 1 aliphatic rings. The molecular formula is C9H19N2O+. The number of rotatable bonds is 3. The second kappa shape index (κ2) is 4.45. The van der Waals surface area contributed by atoms with Crippen molar-refractivity contribution in [2.24, 2.45) is 11.7 Å². The zero-order valence-corrected chi connectivity index (χ0v) is 8.05. The Bertz CT molecular complexity index is 167. The maximum atomic E-state index is 5.73. The van der Waals surface area contributed by atoms with Gasteiger partial charge in [-0.2, -0.15) is 0 Å². The first-order chi connectivity index (χ1) is 5.74. The van der Waals surface area contributed by atoms with E-state index in [0.717, 1.165) is 32.1 Å². The Morgan fingerprint density at radius 1 is 1.67 bits per heavy atom. The molecule has 0 saturated carbocycles. The fourth-order valence-electron chi connectivity index (χ4n) is 1.56. The van der Waals surface area contributed by atoms with Gasteiger partial charge in [0, 0.05) is 19.4 Å². The van der Waals surface area contributed by atoms with Crippen LogP contribution in [0.4, 0.5) is 0 Å². The van der Waals surface area contributed by atoms with E-state index in [1.807, 2.05) is 6.92 Å². The quantitative estimate of drug-likeness (QED) is 0.380. The van der Waals surface area contributed by atoms with Crippen molar-refractivity contribution in [3.05, 3.63) is 0 Å². The van der Waals surface area contributed by atoms with E-state index in [9.17, 15) is 0 Å². The molecule has 0 radical (unpaired) electrons. The molecule has 12 heavy (non-hydrogen) atoms. The van der Waals surface area contributed by atoms with Gasteiger partial charge >= 0.3 is 0 Å². The fourth-order valence-corrected chi connectivity index (χ4v) is 1.56. The van der Waals surface area contributed by atoms with Crippen molar-refractivity contribution in [3.8, 4) is 0 Å². The van der Waals surface area contributed by atoms with Gasteiger partial charge in [-0.25, -0.2) is 0 Å². The normalized spacial score (nSPS) is 25.7. The largest absolute Gasteiger partial charge is 0.381 e. The number of hydrogen-bond donors (Lipinski definition) is 1. The maximum Gasteiger partial charge on any atom is 0.239 e. The van der Waals surface area contributed by atoms with Gasteiger partial charge in [-0.15, -0.1) is 0 Å². The van der Waals surface area contributed by atoms with Crippen LogP contribution in [0.15, 0.2) is 0 Å². The standard InChI is InChI=1S/C9H18N2O/c1-3-11(8(2)10)6-9-4-5-12-7-9/h9-10H,3-7H2,1-2H3/p+1. The van der Waals surface area contributed by atoms with E-state index in [1.165, 1.54) is 6.42 Å². The monoisotopic (exact) mass is 171 g/mol. The van der Waals surface area contributed by atoms with Crippen LogP contribution in [0.1, 0.15) is 20.3 Å². The third-order valence-electron chi connectivity index (χ3n) is 2.38. The van der Waals surface area contributed by atoms with Gasteiger partial charge in [0.15, 0.2) is 0 Å². The van der Waals surface area contributed by atoms with Crippen LogP contribution in [0.25, 0.3) is 0 Å². The molecule has 0 spiro atoms. The highest BCUT2D eigenvalue weighted by Gasteiger charge is 2.18. The summed E-state index contributed by atoms with van der Waals surface area (Å²) in [7, 11) is 0. The average molecular weight is 171 g/mol. The van der Waals surface area contributed by atoms with Crippen LogP contribution in [-0.2, 0) is 4.74 Å². The molecule has 1 saturated heterocycles. The molecule has 0 aromatic heterocycles. The van der Waals surface area contributed by atoms with Crippen molar-refractivity contribution in [1.29, 1.82) is 0 Å². The van der Waals surface area contributed by atoms with Gasteiger partial charge in [0.2, 0.25) is 5.84 Å². The lowest BCUT2D eigenvalue weighted by molar-refractivity contribution is -0.532. The molecule has 3 heteroatoms. The first-order valence-corrected chi connectivity index (χ1v) is 4.65. The van der Waals surface area contributed by atoms with Crippen molar-refractivity contribution in [2.45, 2.75) is 20.3 Å². The minimum absolute atomic E-state index is 0.684. The molecule has 0 aromatic carbocycles. The van der Waals surface area contributed by atoms with Crippen LogP contribution in [-0.4, -0.2) is 36.7 Å². The third kappa shape index (κ3) is 2.48. The molecule has 1 rings (SSSR count). The SMILES string of the molecule is CC[N+](CC1CCOC1)=C(C)N. The minimum Gasteiger partial charge on any atom is -0.381 e. The van der Waals surface area contributed by atoms with E-state index in [2.05, 4.69) is 11.5 Å². The second-order valence-corrected chi connectivity index (χ2v) is 3.41. The molecule has 1 unspecified atom stereocenters.